The van der Waals surface area contributed by atoms with Crippen LogP contribution in [0.5, 0.6) is 0 Å². The Bertz CT molecular complexity index is 1210. The molecule has 29 heavy (non-hydrogen) atoms. The number of aromatic nitrogens is 3. The van der Waals surface area contributed by atoms with Gasteiger partial charge in [0.1, 0.15) is 11.5 Å². The molecule has 0 unspecified atom stereocenters. The number of ether oxygens (including phenoxy) is 1. The molecule has 0 aliphatic rings. The summed E-state index contributed by atoms with van der Waals surface area (Å²) < 4.78 is 16.6. The second-order valence-electron chi connectivity index (χ2n) is 6.83. The monoisotopic (exact) mass is 391 g/mol. The molecule has 0 amide bonds. The minimum Gasteiger partial charge on any atom is -0.466 e. The Kier molecular flexibility index (Phi) is 4.88. The molecule has 3 heterocycles. The first-order valence-electron chi connectivity index (χ1n) is 9.43. The molecule has 0 aliphatic carbocycles. The number of hydrogen-bond donors (Lipinski definition) is 0. The van der Waals surface area contributed by atoms with Crippen LogP contribution >= 0.6 is 0 Å². The van der Waals surface area contributed by atoms with Gasteiger partial charge in [-0.2, -0.15) is 0 Å². The fourth-order valence-electron chi connectivity index (χ4n) is 3.43. The highest BCUT2D eigenvalue weighted by atomic mass is 16.5. The van der Waals surface area contributed by atoms with Crippen molar-refractivity contribution in [3.63, 3.8) is 0 Å². The second-order valence-corrected chi connectivity index (χ2v) is 6.83. The normalized spacial score (nSPS) is 11.2. The van der Waals surface area contributed by atoms with Crippen LogP contribution in [-0.2, 0) is 17.8 Å². The summed E-state index contributed by atoms with van der Waals surface area (Å²) in [6, 6.07) is 9.38. The molecule has 0 radical (unpaired) electrons. The standard InChI is InChI=1S/C22H21N3O4/c1-5-17-13(3)20(15-8-6-7-9-18(15)23-17)22(26)27-11-19-24-25-21(29-19)16-10-12(2)28-14(16)4/h6-10H,5,11H2,1-4H3. The van der Waals surface area contributed by atoms with Crippen LogP contribution in [0.25, 0.3) is 22.4 Å². The van der Waals surface area contributed by atoms with E-state index in [0.717, 1.165) is 39.9 Å². The lowest BCUT2D eigenvalue weighted by molar-refractivity contribution is 0.0440. The van der Waals surface area contributed by atoms with E-state index in [0.29, 0.717) is 17.2 Å². The van der Waals surface area contributed by atoms with E-state index in [2.05, 4.69) is 15.2 Å². The lowest BCUT2D eigenvalue weighted by Gasteiger charge is -2.12. The largest absolute Gasteiger partial charge is 0.466 e. The summed E-state index contributed by atoms with van der Waals surface area (Å²) in [6.07, 6.45) is 0.730. The summed E-state index contributed by atoms with van der Waals surface area (Å²) in [4.78, 5) is 17.5. The fraction of sp³-hybridized carbons (Fsp3) is 0.273. The van der Waals surface area contributed by atoms with Crippen molar-refractivity contribution in [3.8, 4) is 11.5 Å². The minimum atomic E-state index is -0.439. The van der Waals surface area contributed by atoms with Crippen molar-refractivity contribution in [1.82, 2.24) is 15.2 Å². The topological polar surface area (TPSA) is 91.2 Å². The van der Waals surface area contributed by atoms with Crippen LogP contribution in [-0.4, -0.2) is 21.2 Å². The number of aryl methyl sites for hydroxylation is 3. The van der Waals surface area contributed by atoms with Crippen LogP contribution in [0.1, 0.15) is 46.0 Å². The first kappa shape index (κ1) is 18.9. The third-order valence-electron chi connectivity index (χ3n) is 4.84. The average Bonchev–Trinajstić information content (AvgIpc) is 3.31. The SMILES string of the molecule is CCc1nc2ccccc2c(C(=O)OCc2nnc(-c3cc(C)oc3C)o2)c1C. The van der Waals surface area contributed by atoms with Crippen molar-refractivity contribution in [2.45, 2.75) is 40.7 Å². The lowest BCUT2D eigenvalue weighted by Crippen LogP contribution is -2.11. The zero-order chi connectivity index (χ0) is 20.5. The summed E-state index contributed by atoms with van der Waals surface area (Å²) in [7, 11) is 0. The summed E-state index contributed by atoms with van der Waals surface area (Å²) >= 11 is 0. The van der Waals surface area contributed by atoms with E-state index in [9.17, 15) is 4.79 Å². The number of para-hydroxylation sites is 1. The Labute approximate surface area is 167 Å². The molecule has 0 aliphatic heterocycles. The van der Waals surface area contributed by atoms with Crippen molar-refractivity contribution < 1.29 is 18.4 Å². The highest BCUT2D eigenvalue weighted by Gasteiger charge is 2.20. The second kappa shape index (κ2) is 7.50. The van der Waals surface area contributed by atoms with Crippen LogP contribution in [0.15, 0.2) is 39.2 Å². The molecule has 0 bridgehead atoms. The molecular formula is C22H21N3O4. The summed E-state index contributed by atoms with van der Waals surface area (Å²) in [5.41, 5.74) is 3.73. The molecule has 7 heteroatoms. The van der Waals surface area contributed by atoms with E-state index >= 15 is 0 Å². The maximum absolute atomic E-state index is 12.9. The number of carbonyl (C=O) groups excluding carboxylic acids is 1. The molecule has 0 fully saturated rings. The van der Waals surface area contributed by atoms with Crippen molar-refractivity contribution in [1.29, 1.82) is 0 Å². The number of fused-ring (bicyclic) bond motifs is 1. The van der Waals surface area contributed by atoms with Gasteiger partial charge in [-0.15, -0.1) is 10.2 Å². The minimum absolute atomic E-state index is 0.112. The molecule has 148 valence electrons. The van der Waals surface area contributed by atoms with Crippen molar-refractivity contribution in [2.75, 3.05) is 0 Å². The van der Waals surface area contributed by atoms with Gasteiger partial charge in [0.05, 0.1) is 16.6 Å². The third-order valence-corrected chi connectivity index (χ3v) is 4.84. The number of benzene rings is 1. The van der Waals surface area contributed by atoms with Crippen LogP contribution in [0.4, 0.5) is 0 Å². The summed E-state index contributed by atoms with van der Waals surface area (Å²) in [5.74, 6) is 1.57. The first-order chi connectivity index (χ1) is 14.0. The molecule has 0 N–H and O–H groups in total. The predicted molar refractivity (Wildman–Crippen MR) is 106 cm³/mol. The maximum Gasteiger partial charge on any atom is 0.339 e. The number of pyridine rings is 1. The first-order valence-corrected chi connectivity index (χ1v) is 9.43. The number of rotatable bonds is 5. The van der Waals surface area contributed by atoms with Crippen LogP contribution < -0.4 is 0 Å². The number of hydrogen-bond acceptors (Lipinski definition) is 7. The zero-order valence-electron chi connectivity index (χ0n) is 16.8. The number of furan rings is 1. The molecule has 1 aromatic carbocycles. The molecule has 0 saturated heterocycles. The van der Waals surface area contributed by atoms with Crippen LogP contribution in [0, 0.1) is 20.8 Å². The van der Waals surface area contributed by atoms with Gasteiger partial charge in [0, 0.05) is 11.1 Å². The van der Waals surface area contributed by atoms with Crippen molar-refractivity contribution in [3.05, 3.63) is 64.6 Å². The lowest BCUT2D eigenvalue weighted by atomic mass is 10.0. The predicted octanol–water partition coefficient (Wildman–Crippen LogP) is 4.72. The fourth-order valence-corrected chi connectivity index (χ4v) is 3.43. The van der Waals surface area contributed by atoms with Gasteiger partial charge < -0.3 is 13.6 Å². The molecule has 0 saturated carbocycles. The van der Waals surface area contributed by atoms with E-state index < -0.39 is 5.97 Å². The average molecular weight is 391 g/mol. The summed E-state index contributed by atoms with van der Waals surface area (Å²) in [6.45, 7) is 7.47. The molecule has 3 aromatic heterocycles. The molecular weight excluding hydrogens is 370 g/mol. The highest BCUT2D eigenvalue weighted by molar-refractivity contribution is 6.04. The molecule has 4 aromatic rings. The van der Waals surface area contributed by atoms with Crippen LogP contribution in [0.2, 0.25) is 0 Å². The van der Waals surface area contributed by atoms with Crippen molar-refractivity contribution >= 4 is 16.9 Å². The van der Waals surface area contributed by atoms with E-state index in [1.165, 1.54) is 0 Å². The Morgan fingerprint density at radius 2 is 1.90 bits per heavy atom. The van der Waals surface area contributed by atoms with E-state index in [-0.39, 0.29) is 12.5 Å². The Hall–Kier alpha value is -3.48. The molecule has 0 atom stereocenters. The van der Waals surface area contributed by atoms with Gasteiger partial charge >= 0.3 is 5.97 Å². The third kappa shape index (κ3) is 3.51. The van der Waals surface area contributed by atoms with Gasteiger partial charge in [0.15, 0.2) is 6.61 Å². The van der Waals surface area contributed by atoms with Crippen LogP contribution in [0.3, 0.4) is 0 Å². The van der Waals surface area contributed by atoms with Gasteiger partial charge in [0.2, 0.25) is 0 Å². The number of nitrogens with zero attached hydrogens (tertiary/aromatic N) is 3. The molecule has 7 nitrogen and oxygen atoms in total. The Balaban J connectivity index is 1.58. The molecule has 0 spiro atoms. The van der Waals surface area contributed by atoms with Gasteiger partial charge in [0.25, 0.3) is 11.8 Å². The smallest absolute Gasteiger partial charge is 0.339 e. The number of carbonyl (C=O) groups is 1. The van der Waals surface area contributed by atoms with E-state index in [4.69, 9.17) is 13.6 Å². The Morgan fingerprint density at radius 1 is 1.10 bits per heavy atom. The van der Waals surface area contributed by atoms with E-state index in [1.54, 1.807) is 0 Å². The van der Waals surface area contributed by atoms with Crippen molar-refractivity contribution in [2.24, 2.45) is 0 Å². The van der Waals surface area contributed by atoms with Gasteiger partial charge in [-0.25, -0.2) is 4.79 Å². The molecule has 4 rings (SSSR count). The van der Waals surface area contributed by atoms with Gasteiger partial charge in [-0.3, -0.25) is 4.98 Å². The van der Waals surface area contributed by atoms with Gasteiger partial charge in [-0.1, -0.05) is 25.1 Å². The number of esters is 1. The summed E-state index contributed by atoms with van der Waals surface area (Å²) in [5, 5.41) is 8.77. The quantitative estimate of drug-likeness (QED) is 0.454. The van der Waals surface area contributed by atoms with Gasteiger partial charge in [-0.05, 0) is 44.9 Å². The maximum atomic E-state index is 12.9. The Morgan fingerprint density at radius 3 is 2.62 bits per heavy atom. The highest BCUT2D eigenvalue weighted by Crippen LogP contribution is 2.27. The van der Waals surface area contributed by atoms with E-state index in [1.807, 2.05) is 58.0 Å². The zero-order valence-corrected chi connectivity index (χ0v) is 16.8.